The molecule has 2 aromatic rings. The van der Waals surface area contributed by atoms with Crippen molar-refractivity contribution >= 4 is 29.1 Å². The summed E-state index contributed by atoms with van der Waals surface area (Å²) in [6, 6.07) is 1.02. The van der Waals surface area contributed by atoms with Crippen molar-refractivity contribution in [3.63, 3.8) is 0 Å². The van der Waals surface area contributed by atoms with Crippen LogP contribution >= 0.6 is 0 Å². The summed E-state index contributed by atoms with van der Waals surface area (Å²) in [6.07, 6.45) is 4.88. The monoisotopic (exact) mass is 387 g/mol. The van der Waals surface area contributed by atoms with Crippen molar-refractivity contribution in [1.29, 1.82) is 0 Å². The minimum Gasteiger partial charge on any atom is -0.495 e. The van der Waals surface area contributed by atoms with E-state index in [-0.39, 0.29) is 22.7 Å². The number of amides is 2. The second-order valence-corrected chi connectivity index (χ2v) is 7.42. The standard InChI is InChI=1S/C18H25N7O3/c1-18(2,3)6-12(15(19)26)24-13-9-22-14(16(20)27)17(25-13)23-10-5-11(28-4)8-21-7-10/h5,7-9,12H,6H2,1-4H3,(H2,19,26)(H2,20,27)(H2,23,24,25)/t12-/m1/s1. The number of rotatable bonds is 8. The number of ether oxygens (including phenoxy) is 1. The van der Waals surface area contributed by atoms with Gasteiger partial charge < -0.3 is 26.8 Å². The van der Waals surface area contributed by atoms with Gasteiger partial charge in [0.25, 0.3) is 5.91 Å². The van der Waals surface area contributed by atoms with Crippen LogP contribution in [0.4, 0.5) is 17.3 Å². The molecule has 150 valence electrons. The van der Waals surface area contributed by atoms with E-state index in [9.17, 15) is 9.59 Å². The predicted molar refractivity (Wildman–Crippen MR) is 105 cm³/mol. The molecule has 0 aliphatic carbocycles. The number of anilines is 3. The zero-order chi connectivity index (χ0) is 20.9. The number of hydrogen-bond acceptors (Lipinski definition) is 8. The van der Waals surface area contributed by atoms with Gasteiger partial charge in [0.05, 0.1) is 31.4 Å². The molecule has 10 heteroatoms. The smallest absolute Gasteiger partial charge is 0.271 e. The fourth-order valence-electron chi connectivity index (χ4n) is 2.48. The van der Waals surface area contributed by atoms with Crippen LogP contribution in [0, 0.1) is 5.41 Å². The molecule has 0 unspecified atom stereocenters. The van der Waals surface area contributed by atoms with Crippen LogP contribution in [0.1, 0.15) is 37.7 Å². The summed E-state index contributed by atoms with van der Waals surface area (Å²) in [6.45, 7) is 5.99. The van der Waals surface area contributed by atoms with Crippen LogP contribution in [-0.2, 0) is 4.79 Å². The molecule has 0 aromatic carbocycles. The third-order valence-corrected chi connectivity index (χ3v) is 3.70. The molecular weight excluding hydrogens is 362 g/mol. The zero-order valence-electron chi connectivity index (χ0n) is 16.3. The van der Waals surface area contributed by atoms with E-state index < -0.39 is 17.9 Å². The van der Waals surface area contributed by atoms with E-state index in [0.29, 0.717) is 17.9 Å². The van der Waals surface area contributed by atoms with Gasteiger partial charge in [-0.25, -0.2) is 9.97 Å². The van der Waals surface area contributed by atoms with Crippen molar-refractivity contribution in [2.24, 2.45) is 16.9 Å². The van der Waals surface area contributed by atoms with E-state index in [2.05, 4.69) is 25.6 Å². The van der Waals surface area contributed by atoms with Crippen LogP contribution in [0.25, 0.3) is 0 Å². The first-order valence-corrected chi connectivity index (χ1v) is 8.58. The van der Waals surface area contributed by atoms with Crippen molar-refractivity contribution in [1.82, 2.24) is 15.0 Å². The second-order valence-electron chi connectivity index (χ2n) is 7.42. The van der Waals surface area contributed by atoms with E-state index in [0.717, 1.165) is 0 Å². The third kappa shape index (κ3) is 5.79. The lowest BCUT2D eigenvalue weighted by Crippen LogP contribution is -2.38. The molecule has 0 aliphatic rings. The Morgan fingerprint density at radius 3 is 2.50 bits per heavy atom. The normalized spacial score (nSPS) is 12.1. The Morgan fingerprint density at radius 1 is 1.21 bits per heavy atom. The minimum absolute atomic E-state index is 0.0557. The molecule has 1 atom stereocenters. The molecule has 0 bridgehead atoms. The van der Waals surface area contributed by atoms with E-state index in [1.165, 1.54) is 25.7 Å². The number of carbonyl (C=O) groups excluding carboxylic acids is 2. The van der Waals surface area contributed by atoms with Crippen molar-refractivity contribution in [3.05, 3.63) is 30.4 Å². The van der Waals surface area contributed by atoms with Gasteiger partial charge in [-0.15, -0.1) is 0 Å². The highest BCUT2D eigenvalue weighted by Crippen LogP contribution is 2.24. The average molecular weight is 387 g/mol. The Kier molecular flexibility index (Phi) is 6.34. The first-order valence-electron chi connectivity index (χ1n) is 8.58. The molecule has 0 saturated carbocycles. The quantitative estimate of drug-likeness (QED) is 0.529. The fourth-order valence-corrected chi connectivity index (χ4v) is 2.48. The summed E-state index contributed by atoms with van der Waals surface area (Å²) in [5.74, 6) is -0.351. The Balaban J connectivity index is 2.33. The molecule has 10 nitrogen and oxygen atoms in total. The highest BCUT2D eigenvalue weighted by Gasteiger charge is 2.24. The van der Waals surface area contributed by atoms with Gasteiger partial charge in [-0.1, -0.05) is 20.8 Å². The van der Waals surface area contributed by atoms with Crippen LogP contribution in [0.3, 0.4) is 0 Å². The summed E-state index contributed by atoms with van der Waals surface area (Å²) >= 11 is 0. The third-order valence-electron chi connectivity index (χ3n) is 3.70. The van der Waals surface area contributed by atoms with E-state index in [1.807, 2.05) is 20.8 Å². The highest BCUT2D eigenvalue weighted by atomic mass is 16.5. The molecule has 6 N–H and O–H groups in total. The number of primary amides is 2. The number of nitrogens with two attached hydrogens (primary N) is 2. The lowest BCUT2D eigenvalue weighted by Gasteiger charge is -2.25. The number of carbonyl (C=O) groups is 2. The molecule has 2 aromatic heterocycles. The zero-order valence-corrected chi connectivity index (χ0v) is 16.3. The van der Waals surface area contributed by atoms with Crippen LogP contribution in [0.15, 0.2) is 24.7 Å². The number of hydrogen-bond donors (Lipinski definition) is 4. The van der Waals surface area contributed by atoms with Gasteiger partial charge in [0.1, 0.15) is 17.6 Å². The molecule has 0 aliphatic heterocycles. The van der Waals surface area contributed by atoms with Gasteiger partial charge in [0.15, 0.2) is 11.5 Å². The maximum atomic E-state index is 11.8. The van der Waals surface area contributed by atoms with Crippen molar-refractivity contribution in [2.75, 3.05) is 17.7 Å². The minimum atomic E-state index is -0.751. The summed E-state index contributed by atoms with van der Waals surface area (Å²) < 4.78 is 5.13. The SMILES string of the molecule is COc1cncc(Nc2nc(N[C@H](CC(C)(C)C)C(N)=O)cnc2C(N)=O)c1. The first kappa shape index (κ1) is 20.9. The predicted octanol–water partition coefficient (Wildman–Crippen LogP) is 1.42. The first-order chi connectivity index (χ1) is 13.1. The maximum Gasteiger partial charge on any atom is 0.271 e. The molecular formula is C18H25N7O3. The molecule has 0 radical (unpaired) electrons. The van der Waals surface area contributed by atoms with Crippen LogP contribution in [0.2, 0.25) is 0 Å². The van der Waals surface area contributed by atoms with Gasteiger partial charge in [0, 0.05) is 6.07 Å². The summed E-state index contributed by atoms with van der Waals surface area (Å²) in [5.41, 5.74) is 11.2. The maximum absolute atomic E-state index is 11.8. The summed E-state index contributed by atoms with van der Waals surface area (Å²) in [7, 11) is 1.51. The Labute approximate surface area is 163 Å². The van der Waals surface area contributed by atoms with Crippen molar-refractivity contribution in [2.45, 2.75) is 33.2 Å². The summed E-state index contributed by atoms with van der Waals surface area (Å²) in [5, 5.41) is 5.92. The number of aromatic nitrogens is 3. The highest BCUT2D eigenvalue weighted by molar-refractivity contribution is 5.96. The second kappa shape index (κ2) is 8.51. The average Bonchev–Trinajstić information content (AvgIpc) is 2.60. The number of nitrogens with one attached hydrogen (secondary N) is 2. The largest absolute Gasteiger partial charge is 0.495 e. The van der Waals surface area contributed by atoms with Gasteiger partial charge in [-0.3, -0.25) is 14.6 Å². The van der Waals surface area contributed by atoms with Crippen LogP contribution < -0.4 is 26.8 Å². The Bertz CT molecular complexity index is 864. The van der Waals surface area contributed by atoms with Gasteiger partial charge in [-0.2, -0.15) is 0 Å². The summed E-state index contributed by atoms with van der Waals surface area (Å²) in [4.78, 5) is 35.9. The van der Waals surface area contributed by atoms with Gasteiger partial charge in [-0.05, 0) is 11.8 Å². The Hall–Kier alpha value is -3.43. The number of nitrogens with zero attached hydrogens (tertiary/aromatic N) is 3. The van der Waals surface area contributed by atoms with E-state index >= 15 is 0 Å². The molecule has 2 heterocycles. The van der Waals surface area contributed by atoms with Crippen molar-refractivity contribution in [3.8, 4) is 5.75 Å². The number of methoxy groups -OCH3 is 1. The fraction of sp³-hybridized carbons (Fsp3) is 0.389. The molecule has 0 saturated heterocycles. The van der Waals surface area contributed by atoms with Gasteiger partial charge in [0.2, 0.25) is 5.91 Å². The molecule has 28 heavy (non-hydrogen) atoms. The lowest BCUT2D eigenvalue weighted by molar-refractivity contribution is -0.119. The molecule has 2 amide bonds. The van der Waals surface area contributed by atoms with E-state index in [1.54, 1.807) is 6.07 Å². The van der Waals surface area contributed by atoms with Crippen LogP contribution in [-0.4, -0.2) is 39.9 Å². The molecule has 0 spiro atoms. The van der Waals surface area contributed by atoms with Gasteiger partial charge >= 0.3 is 0 Å². The lowest BCUT2D eigenvalue weighted by atomic mass is 9.88. The van der Waals surface area contributed by atoms with Crippen LogP contribution in [0.5, 0.6) is 5.75 Å². The Morgan fingerprint density at radius 2 is 1.93 bits per heavy atom. The molecule has 0 fully saturated rings. The van der Waals surface area contributed by atoms with E-state index in [4.69, 9.17) is 16.2 Å². The van der Waals surface area contributed by atoms with Crippen molar-refractivity contribution < 1.29 is 14.3 Å². The topological polar surface area (TPSA) is 158 Å². The molecule has 2 rings (SSSR count). The number of pyridine rings is 1.